The molecule has 0 bridgehead atoms. The Morgan fingerprint density at radius 3 is 3.00 bits per heavy atom. The van der Waals surface area contributed by atoms with Crippen molar-refractivity contribution in [2.45, 2.75) is 13.1 Å². The zero-order valence-electron chi connectivity index (χ0n) is 8.67. The van der Waals surface area contributed by atoms with Crippen molar-refractivity contribution in [3.63, 3.8) is 0 Å². The predicted molar refractivity (Wildman–Crippen MR) is 60.6 cm³/mol. The third-order valence-corrected chi connectivity index (χ3v) is 2.70. The van der Waals surface area contributed by atoms with Gasteiger partial charge in [0.2, 0.25) is 0 Å². The van der Waals surface area contributed by atoms with Gasteiger partial charge in [-0.05, 0) is 12.1 Å². The summed E-state index contributed by atoms with van der Waals surface area (Å²) in [5.41, 5.74) is 8.79. The fourth-order valence-corrected chi connectivity index (χ4v) is 1.92. The molecule has 5 heteroatoms. The zero-order valence-corrected chi connectivity index (χ0v) is 8.67. The number of fused-ring (bicyclic) bond motifs is 1. The molecule has 0 atom stereocenters. The maximum Gasteiger partial charge on any atom is 0.152 e. The summed E-state index contributed by atoms with van der Waals surface area (Å²) < 4.78 is 0. The molecule has 3 rings (SSSR count). The molecule has 3 heterocycles. The number of pyridine rings is 1. The minimum Gasteiger partial charge on any atom is -0.396 e. The highest BCUT2D eigenvalue weighted by Crippen LogP contribution is 2.28. The Bertz CT molecular complexity index is 500. The molecule has 2 N–H and O–H groups in total. The first kappa shape index (κ1) is 9.08. The van der Waals surface area contributed by atoms with E-state index in [-0.39, 0.29) is 0 Å². The molecule has 16 heavy (non-hydrogen) atoms. The monoisotopic (exact) mass is 213 g/mol. The Hall–Kier alpha value is -2.17. The average molecular weight is 213 g/mol. The number of rotatable bonds is 1. The molecular formula is C11H11N5. The third-order valence-electron chi connectivity index (χ3n) is 2.70. The number of hydrogen-bond acceptors (Lipinski definition) is 5. The molecule has 2 aromatic rings. The average Bonchev–Trinajstić information content (AvgIpc) is 2.73. The maximum atomic E-state index is 5.90. The van der Waals surface area contributed by atoms with Gasteiger partial charge in [-0.25, -0.2) is 15.0 Å². The summed E-state index contributed by atoms with van der Waals surface area (Å²) in [6.45, 7) is 1.52. The van der Waals surface area contributed by atoms with Gasteiger partial charge in [-0.2, -0.15) is 0 Å². The van der Waals surface area contributed by atoms with E-state index in [0.717, 1.165) is 30.2 Å². The summed E-state index contributed by atoms with van der Waals surface area (Å²) in [7, 11) is 0. The van der Waals surface area contributed by atoms with Gasteiger partial charge in [-0.1, -0.05) is 0 Å². The Morgan fingerprint density at radius 1 is 1.25 bits per heavy atom. The molecule has 2 aromatic heterocycles. The Morgan fingerprint density at radius 2 is 2.19 bits per heavy atom. The molecule has 0 saturated carbocycles. The van der Waals surface area contributed by atoms with Gasteiger partial charge in [0.25, 0.3) is 0 Å². The highest BCUT2D eigenvalue weighted by molar-refractivity contribution is 5.63. The van der Waals surface area contributed by atoms with Crippen LogP contribution in [0.5, 0.6) is 0 Å². The highest BCUT2D eigenvalue weighted by atomic mass is 15.2. The first-order valence-corrected chi connectivity index (χ1v) is 5.08. The van der Waals surface area contributed by atoms with E-state index in [9.17, 15) is 0 Å². The SMILES string of the molecule is Nc1cccnc1N1Cc2cncnc2C1. The minimum absolute atomic E-state index is 0.697. The van der Waals surface area contributed by atoms with Gasteiger partial charge in [0, 0.05) is 24.5 Å². The standard InChI is InChI=1S/C11H11N5/c12-9-2-1-3-14-11(9)16-5-8-4-13-7-15-10(8)6-16/h1-4,7H,5-6,12H2. The Labute approximate surface area is 93.0 Å². The maximum absolute atomic E-state index is 5.90. The van der Waals surface area contributed by atoms with Crippen LogP contribution in [-0.4, -0.2) is 15.0 Å². The number of aromatic nitrogens is 3. The normalized spacial score (nSPS) is 13.9. The van der Waals surface area contributed by atoms with Gasteiger partial charge in [-0.3, -0.25) is 0 Å². The highest BCUT2D eigenvalue weighted by Gasteiger charge is 2.22. The molecule has 0 fully saturated rings. The number of nitrogens with zero attached hydrogens (tertiary/aromatic N) is 4. The quantitative estimate of drug-likeness (QED) is 0.764. The molecule has 1 aliphatic rings. The van der Waals surface area contributed by atoms with Crippen LogP contribution in [0.3, 0.4) is 0 Å². The van der Waals surface area contributed by atoms with Crippen molar-refractivity contribution >= 4 is 11.5 Å². The molecule has 0 aromatic carbocycles. The number of nitrogens with two attached hydrogens (primary N) is 1. The second kappa shape index (κ2) is 3.44. The Balaban J connectivity index is 1.95. The van der Waals surface area contributed by atoms with E-state index < -0.39 is 0 Å². The smallest absolute Gasteiger partial charge is 0.152 e. The molecule has 0 saturated heterocycles. The van der Waals surface area contributed by atoms with Crippen molar-refractivity contribution in [2.24, 2.45) is 0 Å². The van der Waals surface area contributed by atoms with Crippen molar-refractivity contribution in [1.29, 1.82) is 0 Å². The summed E-state index contributed by atoms with van der Waals surface area (Å²) in [6.07, 6.45) is 5.17. The van der Waals surface area contributed by atoms with Crippen LogP contribution >= 0.6 is 0 Å². The first-order valence-electron chi connectivity index (χ1n) is 5.08. The molecule has 0 radical (unpaired) electrons. The van der Waals surface area contributed by atoms with E-state index in [1.54, 1.807) is 12.5 Å². The third kappa shape index (κ3) is 1.37. The summed E-state index contributed by atoms with van der Waals surface area (Å²) in [6, 6.07) is 3.69. The summed E-state index contributed by atoms with van der Waals surface area (Å²) in [4.78, 5) is 14.7. The second-order valence-electron chi connectivity index (χ2n) is 3.77. The molecule has 0 aliphatic carbocycles. The second-order valence-corrected chi connectivity index (χ2v) is 3.77. The lowest BCUT2D eigenvalue weighted by Crippen LogP contribution is -2.17. The minimum atomic E-state index is 0.697. The molecule has 0 unspecified atom stereocenters. The van der Waals surface area contributed by atoms with Crippen molar-refractivity contribution in [3.8, 4) is 0 Å². The van der Waals surface area contributed by atoms with Gasteiger partial charge >= 0.3 is 0 Å². The summed E-state index contributed by atoms with van der Waals surface area (Å²) in [5, 5.41) is 0. The fraction of sp³-hybridized carbons (Fsp3) is 0.182. The van der Waals surface area contributed by atoms with E-state index in [2.05, 4.69) is 19.9 Å². The van der Waals surface area contributed by atoms with Crippen LogP contribution in [0, 0.1) is 0 Å². The van der Waals surface area contributed by atoms with Crippen LogP contribution < -0.4 is 10.6 Å². The number of nitrogen functional groups attached to an aromatic ring is 1. The van der Waals surface area contributed by atoms with Crippen LogP contribution in [-0.2, 0) is 13.1 Å². The molecule has 1 aliphatic heterocycles. The topological polar surface area (TPSA) is 67.9 Å². The van der Waals surface area contributed by atoms with E-state index in [1.807, 2.05) is 18.3 Å². The molecule has 5 nitrogen and oxygen atoms in total. The van der Waals surface area contributed by atoms with Crippen LogP contribution in [0.4, 0.5) is 11.5 Å². The van der Waals surface area contributed by atoms with Gasteiger partial charge in [0.05, 0.1) is 17.9 Å². The van der Waals surface area contributed by atoms with Crippen molar-refractivity contribution in [2.75, 3.05) is 10.6 Å². The molecule has 0 spiro atoms. The van der Waals surface area contributed by atoms with Crippen LogP contribution in [0.25, 0.3) is 0 Å². The van der Waals surface area contributed by atoms with Crippen molar-refractivity contribution < 1.29 is 0 Å². The lowest BCUT2D eigenvalue weighted by Gasteiger charge is -2.17. The van der Waals surface area contributed by atoms with Gasteiger partial charge in [0.1, 0.15) is 6.33 Å². The largest absolute Gasteiger partial charge is 0.396 e. The van der Waals surface area contributed by atoms with Gasteiger partial charge in [0.15, 0.2) is 5.82 Å². The van der Waals surface area contributed by atoms with Crippen LogP contribution in [0.2, 0.25) is 0 Å². The van der Waals surface area contributed by atoms with Crippen LogP contribution in [0.15, 0.2) is 30.9 Å². The van der Waals surface area contributed by atoms with E-state index in [4.69, 9.17) is 5.73 Å². The van der Waals surface area contributed by atoms with E-state index >= 15 is 0 Å². The summed E-state index contributed by atoms with van der Waals surface area (Å²) in [5.74, 6) is 0.820. The summed E-state index contributed by atoms with van der Waals surface area (Å²) >= 11 is 0. The van der Waals surface area contributed by atoms with Crippen LogP contribution in [0.1, 0.15) is 11.3 Å². The lowest BCUT2D eigenvalue weighted by molar-refractivity contribution is 0.850. The predicted octanol–water partition coefficient (Wildman–Crippen LogP) is 0.974. The molecule has 80 valence electrons. The molecule has 0 amide bonds. The first-order chi connectivity index (χ1) is 7.84. The van der Waals surface area contributed by atoms with Gasteiger partial charge < -0.3 is 10.6 Å². The zero-order chi connectivity index (χ0) is 11.0. The number of hydrogen-bond donors (Lipinski definition) is 1. The molecular weight excluding hydrogens is 202 g/mol. The van der Waals surface area contributed by atoms with Gasteiger partial charge in [-0.15, -0.1) is 0 Å². The lowest BCUT2D eigenvalue weighted by atomic mass is 10.3. The van der Waals surface area contributed by atoms with E-state index in [1.165, 1.54) is 0 Å². The fourth-order valence-electron chi connectivity index (χ4n) is 1.92. The van der Waals surface area contributed by atoms with Crippen molar-refractivity contribution in [1.82, 2.24) is 15.0 Å². The number of anilines is 2. The Kier molecular flexibility index (Phi) is 1.96. The van der Waals surface area contributed by atoms with Crippen molar-refractivity contribution in [3.05, 3.63) is 42.1 Å². The van der Waals surface area contributed by atoms with E-state index in [0.29, 0.717) is 5.69 Å².